The molecule has 1 aromatic rings. The van der Waals surface area contributed by atoms with E-state index in [1.807, 2.05) is 0 Å². The van der Waals surface area contributed by atoms with Gasteiger partial charge in [-0.15, -0.1) is 0 Å². The van der Waals surface area contributed by atoms with Crippen LogP contribution in [0.4, 0.5) is 10.1 Å². The molecule has 0 saturated heterocycles. The van der Waals surface area contributed by atoms with E-state index in [4.69, 9.17) is 0 Å². The summed E-state index contributed by atoms with van der Waals surface area (Å²) < 4.78 is 42.5. The van der Waals surface area contributed by atoms with Crippen LogP contribution in [0.25, 0.3) is 0 Å². The molecule has 0 radical (unpaired) electrons. The van der Waals surface area contributed by atoms with Crippen LogP contribution in [0.3, 0.4) is 0 Å². The number of sulfonamides is 1. The number of anilines is 1. The van der Waals surface area contributed by atoms with Crippen LogP contribution in [0.1, 0.15) is 12.5 Å². The number of carbonyl (C=O) groups excluding carboxylic acids is 1. The maximum atomic E-state index is 13.1. The van der Waals surface area contributed by atoms with E-state index in [1.165, 1.54) is 26.2 Å². The van der Waals surface area contributed by atoms with E-state index in [2.05, 4.69) is 4.74 Å². The number of rotatable bonds is 5. The van der Waals surface area contributed by atoms with E-state index >= 15 is 0 Å². The standard InChI is InChI=1S/C12H16FNO4S/c1-4-19(16,17)14(8-12(15)18-3)11-6-5-10(13)7-9(11)2/h5-7H,4,8H2,1-3H3. The van der Waals surface area contributed by atoms with Crippen molar-refractivity contribution in [3.05, 3.63) is 29.6 Å². The number of carbonyl (C=O) groups is 1. The molecule has 0 bridgehead atoms. The molecule has 5 nitrogen and oxygen atoms in total. The molecule has 0 fully saturated rings. The van der Waals surface area contributed by atoms with Crippen molar-refractivity contribution in [2.75, 3.05) is 23.7 Å². The summed E-state index contributed by atoms with van der Waals surface area (Å²) in [6.07, 6.45) is 0. The molecule has 1 rings (SSSR count). The smallest absolute Gasteiger partial charge is 0.326 e. The lowest BCUT2D eigenvalue weighted by Gasteiger charge is -2.24. The fourth-order valence-electron chi connectivity index (χ4n) is 1.57. The predicted molar refractivity (Wildman–Crippen MR) is 70.0 cm³/mol. The van der Waals surface area contributed by atoms with Gasteiger partial charge in [-0.1, -0.05) is 0 Å². The molecule has 106 valence electrons. The number of hydrogen-bond donors (Lipinski definition) is 0. The molecule has 0 atom stereocenters. The van der Waals surface area contributed by atoms with Gasteiger partial charge in [0.2, 0.25) is 10.0 Å². The second kappa shape index (κ2) is 6.01. The number of aryl methyl sites for hydroxylation is 1. The Morgan fingerprint density at radius 2 is 2.05 bits per heavy atom. The van der Waals surface area contributed by atoms with Gasteiger partial charge in [0, 0.05) is 0 Å². The summed E-state index contributed by atoms with van der Waals surface area (Å²) in [6, 6.07) is 3.70. The van der Waals surface area contributed by atoms with Gasteiger partial charge in [0.15, 0.2) is 0 Å². The Kier molecular flexibility index (Phi) is 4.88. The summed E-state index contributed by atoms with van der Waals surface area (Å²) in [5.41, 5.74) is 0.703. The molecular weight excluding hydrogens is 273 g/mol. The number of halogens is 1. The molecule has 0 N–H and O–H groups in total. The monoisotopic (exact) mass is 289 g/mol. The number of nitrogens with zero attached hydrogens (tertiary/aromatic N) is 1. The maximum absolute atomic E-state index is 13.1. The van der Waals surface area contributed by atoms with E-state index in [9.17, 15) is 17.6 Å². The van der Waals surface area contributed by atoms with Crippen molar-refractivity contribution >= 4 is 21.7 Å². The van der Waals surface area contributed by atoms with Crippen LogP contribution in [0.15, 0.2) is 18.2 Å². The molecule has 0 aliphatic carbocycles. The van der Waals surface area contributed by atoms with E-state index < -0.39 is 28.4 Å². The number of esters is 1. The summed E-state index contributed by atoms with van der Waals surface area (Å²) in [6.45, 7) is 2.62. The predicted octanol–water partition coefficient (Wildman–Crippen LogP) is 1.46. The molecule has 7 heteroatoms. The highest BCUT2D eigenvalue weighted by Crippen LogP contribution is 2.23. The van der Waals surface area contributed by atoms with Gasteiger partial charge < -0.3 is 4.74 Å². The van der Waals surface area contributed by atoms with E-state index in [0.29, 0.717) is 5.56 Å². The van der Waals surface area contributed by atoms with Crippen LogP contribution >= 0.6 is 0 Å². The van der Waals surface area contributed by atoms with Gasteiger partial charge in [0.1, 0.15) is 12.4 Å². The Labute approximate surface area is 112 Å². The fourth-order valence-corrected chi connectivity index (χ4v) is 2.69. The lowest BCUT2D eigenvalue weighted by Crippen LogP contribution is -2.37. The summed E-state index contributed by atoms with van der Waals surface area (Å²) in [4.78, 5) is 11.3. The molecule has 0 aliphatic rings. The average molecular weight is 289 g/mol. The summed E-state index contributed by atoms with van der Waals surface area (Å²) in [7, 11) is -2.47. The first-order valence-corrected chi connectivity index (χ1v) is 7.26. The zero-order valence-electron chi connectivity index (χ0n) is 11.0. The SMILES string of the molecule is CCS(=O)(=O)N(CC(=O)OC)c1ccc(F)cc1C. The van der Waals surface area contributed by atoms with Crippen molar-refractivity contribution in [2.24, 2.45) is 0 Å². The molecule has 19 heavy (non-hydrogen) atoms. The van der Waals surface area contributed by atoms with Crippen LogP contribution in [-0.4, -0.2) is 33.8 Å². The van der Waals surface area contributed by atoms with E-state index in [0.717, 1.165) is 10.4 Å². The quantitative estimate of drug-likeness (QED) is 0.770. The number of methoxy groups -OCH3 is 1. The third-order valence-electron chi connectivity index (χ3n) is 2.63. The van der Waals surface area contributed by atoms with Crippen molar-refractivity contribution in [3.63, 3.8) is 0 Å². The summed E-state index contributed by atoms with van der Waals surface area (Å²) in [5.74, 6) is -1.31. The van der Waals surface area contributed by atoms with Gasteiger partial charge in [0.25, 0.3) is 0 Å². The minimum absolute atomic E-state index is 0.166. The maximum Gasteiger partial charge on any atom is 0.326 e. The van der Waals surface area contributed by atoms with Crippen LogP contribution in [0.5, 0.6) is 0 Å². The van der Waals surface area contributed by atoms with Crippen LogP contribution < -0.4 is 4.31 Å². The highest BCUT2D eigenvalue weighted by Gasteiger charge is 2.25. The van der Waals surface area contributed by atoms with Gasteiger partial charge >= 0.3 is 5.97 Å². The molecule has 0 aromatic heterocycles. The molecule has 0 spiro atoms. The van der Waals surface area contributed by atoms with E-state index in [-0.39, 0.29) is 11.4 Å². The Bertz CT molecular complexity index is 571. The van der Waals surface area contributed by atoms with Crippen molar-refractivity contribution in [3.8, 4) is 0 Å². The first-order valence-electron chi connectivity index (χ1n) is 5.65. The van der Waals surface area contributed by atoms with Gasteiger partial charge in [-0.2, -0.15) is 0 Å². The Balaban J connectivity index is 3.27. The third kappa shape index (κ3) is 3.66. The zero-order chi connectivity index (χ0) is 14.6. The van der Waals surface area contributed by atoms with E-state index in [1.54, 1.807) is 6.92 Å². The Morgan fingerprint density at radius 1 is 1.42 bits per heavy atom. The minimum Gasteiger partial charge on any atom is -0.468 e. The van der Waals surface area contributed by atoms with Crippen molar-refractivity contribution < 1.29 is 22.3 Å². The lowest BCUT2D eigenvalue weighted by molar-refractivity contribution is -0.138. The molecule has 0 amide bonds. The normalized spacial score (nSPS) is 11.2. The summed E-state index contributed by atoms with van der Waals surface area (Å²) >= 11 is 0. The Hall–Kier alpha value is -1.63. The average Bonchev–Trinajstić information content (AvgIpc) is 2.36. The Morgan fingerprint density at radius 3 is 2.53 bits per heavy atom. The molecule has 0 unspecified atom stereocenters. The summed E-state index contributed by atoms with van der Waals surface area (Å²) in [5, 5.41) is 0. The van der Waals surface area contributed by atoms with Crippen molar-refractivity contribution in [2.45, 2.75) is 13.8 Å². The first kappa shape index (κ1) is 15.4. The van der Waals surface area contributed by atoms with Gasteiger partial charge in [-0.05, 0) is 37.6 Å². The second-order valence-corrected chi connectivity index (χ2v) is 6.10. The number of ether oxygens (including phenoxy) is 1. The molecular formula is C12H16FNO4S. The molecule has 0 aliphatic heterocycles. The second-order valence-electron chi connectivity index (χ2n) is 3.91. The largest absolute Gasteiger partial charge is 0.468 e. The van der Waals surface area contributed by atoms with Crippen LogP contribution in [0, 0.1) is 12.7 Å². The number of hydrogen-bond acceptors (Lipinski definition) is 4. The topological polar surface area (TPSA) is 63.7 Å². The molecule has 0 saturated carbocycles. The van der Waals surface area contributed by atoms with Gasteiger partial charge in [0.05, 0.1) is 18.6 Å². The molecule has 0 heterocycles. The minimum atomic E-state index is -3.64. The highest BCUT2D eigenvalue weighted by atomic mass is 32.2. The van der Waals surface area contributed by atoms with Crippen LogP contribution in [0.2, 0.25) is 0 Å². The number of benzene rings is 1. The highest BCUT2D eigenvalue weighted by molar-refractivity contribution is 7.92. The lowest BCUT2D eigenvalue weighted by atomic mass is 10.2. The zero-order valence-corrected chi connectivity index (χ0v) is 11.8. The van der Waals surface area contributed by atoms with Crippen molar-refractivity contribution in [1.82, 2.24) is 0 Å². The third-order valence-corrected chi connectivity index (χ3v) is 4.36. The van der Waals surface area contributed by atoms with Crippen LogP contribution in [-0.2, 0) is 19.6 Å². The first-order chi connectivity index (χ1) is 8.81. The van der Waals surface area contributed by atoms with Crippen molar-refractivity contribution in [1.29, 1.82) is 0 Å². The fraction of sp³-hybridized carbons (Fsp3) is 0.417. The van der Waals surface area contributed by atoms with Gasteiger partial charge in [-0.3, -0.25) is 9.10 Å². The van der Waals surface area contributed by atoms with Gasteiger partial charge in [-0.25, -0.2) is 12.8 Å². The molecule has 1 aromatic carbocycles.